The Kier molecular flexibility index (Phi) is 4.65. The van der Waals surface area contributed by atoms with E-state index in [1.807, 2.05) is 18.2 Å². The summed E-state index contributed by atoms with van der Waals surface area (Å²) in [5, 5.41) is 4.46. The molecule has 0 aliphatic heterocycles. The van der Waals surface area contributed by atoms with Gasteiger partial charge in [-0.3, -0.25) is 0 Å². The van der Waals surface area contributed by atoms with Crippen LogP contribution in [0.4, 0.5) is 17.5 Å². The van der Waals surface area contributed by atoms with E-state index in [1.165, 1.54) is 11.1 Å². The highest BCUT2D eigenvalue weighted by Crippen LogP contribution is 2.26. The Morgan fingerprint density at radius 1 is 0.917 bits per heavy atom. The van der Waals surface area contributed by atoms with Gasteiger partial charge in [-0.1, -0.05) is 18.2 Å². The molecule has 1 heterocycles. The summed E-state index contributed by atoms with van der Waals surface area (Å²) in [7, 11) is 0. The second-order valence-electron chi connectivity index (χ2n) is 6.06. The van der Waals surface area contributed by atoms with Gasteiger partial charge in [0.05, 0.1) is 5.52 Å². The predicted molar refractivity (Wildman–Crippen MR) is 102 cm³/mol. The maximum absolute atomic E-state index is 4.80. The summed E-state index contributed by atoms with van der Waals surface area (Å²) in [6.07, 6.45) is 0. The lowest BCUT2D eigenvalue weighted by Crippen LogP contribution is -2.23. The van der Waals surface area contributed by atoms with Crippen LogP contribution in [0.5, 0.6) is 0 Å². The molecule has 3 rings (SSSR count). The number of rotatable bonds is 5. The number of hydrogen-bond acceptors (Lipinski definition) is 4. The molecule has 0 fully saturated rings. The lowest BCUT2D eigenvalue weighted by molar-refractivity contribution is 0.850. The first-order chi connectivity index (χ1) is 11.6. The third-order valence-corrected chi connectivity index (χ3v) is 4.12. The van der Waals surface area contributed by atoms with Crippen molar-refractivity contribution in [2.75, 3.05) is 23.3 Å². The smallest absolute Gasteiger partial charge is 0.229 e. The summed E-state index contributed by atoms with van der Waals surface area (Å²) in [6, 6.07) is 14.6. The van der Waals surface area contributed by atoms with E-state index in [0.717, 1.165) is 35.5 Å². The monoisotopic (exact) mass is 320 g/mol. The molecule has 0 radical (unpaired) electrons. The van der Waals surface area contributed by atoms with Crippen molar-refractivity contribution in [3.05, 3.63) is 53.6 Å². The molecule has 124 valence electrons. The molecule has 0 spiro atoms. The van der Waals surface area contributed by atoms with E-state index in [9.17, 15) is 0 Å². The van der Waals surface area contributed by atoms with E-state index in [0.29, 0.717) is 5.95 Å². The maximum atomic E-state index is 4.80. The fourth-order valence-electron chi connectivity index (χ4n) is 3.06. The number of benzene rings is 2. The molecular weight excluding hydrogens is 296 g/mol. The van der Waals surface area contributed by atoms with E-state index < -0.39 is 0 Å². The first kappa shape index (κ1) is 16.2. The molecule has 0 amide bonds. The van der Waals surface area contributed by atoms with Crippen LogP contribution in [0.25, 0.3) is 10.9 Å². The van der Waals surface area contributed by atoms with E-state index in [-0.39, 0.29) is 0 Å². The molecule has 0 saturated carbocycles. The number of nitrogens with zero attached hydrogens (tertiary/aromatic N) is 3. The summed E-state index contributed by atoms with van der Waals surface area (Å²) in [5.74, 6) is 1.62. The molecule has 0 aliphatic carbocycles. The summed E-state index contributed by atoms with van der Waals surface area (Å²) in [5.41, 5.74) is 4.43. The molecule has 3 aromatic rings. The number of aromatic nitrogens is 2. The number of nitrogens with one attached hydrogen (secondary N) is 1. The van der Waals surface area contributed by atoms with Gasteiger partial charge in [0.2, 0.25) is 5.95 Å². The maximum Gasteiger partial charge on any atom is 0.229 e. The molecule has 0 bridgehead atoms. The molecule has 2 aromatic carbocycles. The van der Waals surface area contributed by atoms with Crippen LogP contribution in [0.1, 0.15) is 25.0 Å². The van der Waals surface area contributed by atoms with Crippen LogP contribution in [0.2, 0.25) is 0 Å². The largest absolute Gasteiger partial charge is 0.356 e. The van der Waals surface area contributed by atoms with Crippen LogP contribution >= 0.6 is 0 Å². The van der Waals surface area contributed by atoms with E-state index in [4.69, 9.17) is 9.97 Å². The second-order valence-corrected chi connectivity index (χ2v) is 6.06. The van der Waals surface area contributed by atoms with Gasteiger partial charge in [-0.2, -0.15) is 4.98 Å². The summed E-state index contributed by atoms with van der Waals surface area (Å²) >= 11 is 0. The van der Waals surface area contributed by atoms with Gasteiger partial charge >= 0.3 is 0 Å². The summed E-state index contributed by atoms with van der Waals surface area (Å²) in [4.78, 5) is 11.8. The van der Waals surface area contributed by atoms with Crippen molar-refractivity contribution >= 4 is 28.4 Å². The number of para-hydroxylation sites is 1. The Bertz CT molecular complexity index is 833. The van der Waals surface area contributed by atoms with Crippen molar-refractivity contribution in [3.63, 3.8) is 0 Å². The molecule has 0 atom stereocenters. The quantitative estimate of drug-likeness (QED) is 0.730. The van der Waals surface area contributed by atoms with E-state index >= 15 is 0 Å². The average Bonchev–Trinajstić information content (AvgIpc) is 2.55. The van der Waals surface area contributed by atoms with Crippen LogP contribution in [-0.4, -0.2) is 23.1 Å². The molecular formula is C20H24N4. The van der Waals surface area contributed by atoms with Gasteiger partial charge in [0.1, 0.15) is 5.82 Å². The Morgan fingerprint density at radius 3 is 2.25 bits per heavy atom. The Morgan fingerprint density at radius 2 is 1.58 bits per heavy atom. The molecule has 0 saturated heterocycles. The van der Waals surface area contributed by atoms with Crippen molar-refractivity contribution in [2.24, 2.45) is 0 Å². The van der Waals surface area contributed by atoms with Gasteiger partial charge in [-0.15, -0.1) is 0 Å². The van der Waals surface area contributed by atoms with Crippen LogP contribution < -0.4 is 10.2 Å². The van der Waals surface area contributed by atoms with Gasteiger partial charge in [-0.05, 0) is 63.1 Å². The highest BCUT2D eigenvalue weighted by atomic mass is 15.2. The molecule has 24 heavy (non-hydrogen) atoms. The standard InChI is InChI=1S/C20H24N4/c1-5-24(6-2)19-17-9-7-8-10-18(17)22-20(23-19)21-16-12-14(3)11-15(4)13-16/h7-13H,5-6H2,1-4H3,(H,21,22,23). The topological polar surface area (TPSA) is 41.1 Å². The predicted octanol–water partition coefficient (Wildman–Crippen LogP) is 4.84. The van der Waals surface area contributed by atoms with Crippen molar-refractivity contribution in [3.8, 4) is 0 Å². The molecule has 0 unspecified atom stereocenters. The minimum absolute atomic E-state index is 0.639. The first-order valence-electron chi connectivity index (χ1n) is 8.47. The van der Waals surface area contributed by atoms with Gasteiger partial charge < -0.3 is 10.2 Å². The highest BCUT2D eigenvalue weighted by Gasteiger charge is 2.12. The molecule has 1 aromatic heterocycles. The first-order valence-corrected chi connectivity index (χ1v) is 8.47. The molecule has 0 aliphatic rings. The zero-order chi connectivity index (χ0) is 17.1. The molecule has 4 heteroatoms. The van der Waals surface area contributed by atoms with E-state index in [2.05, 4.69) is 62.2 Å². The SMILES string of the molecule is CCN(CC)c1nc(Nc2cc(C)cc(C)c2)nc2ccccc12. The minimum Gasteiger partial charge on any atom is -0.356 e. The van der Waals surface area contributed by atoms with Gasteiger partial charge in [0.15, 0.2) is 0 Å². The number of aryl methyl sites for hydroxylation is 2. The fourth-order valence-corrected chi connectivity index (χ4v) is 3.06. The number of hydrogen-bond donors (Lipinski definition) is 1. The summed E-state index contributed by atoms with van der Waals surface area (Å²) < 4.78 is 0. The molecule has 1 N–H and O–H groups in total. The minimum atomic E-state index is 0.639. The second kappa shape index (κ2) is 6.87. The highest BCUT2D eigenvalue weighted by molar-refractivity contribution is 5.90. The normalized spacial score (nSPS) is 10.8. The van der Waals surface area contributed by atoms with Crippen LogP contribution in [0.15, 0.2) is 42.5 Å². The van der Waals surface area contributed by atoms with E-state index in [1.54, 1.807) is 0 Å². The van der Waals surface area contributed by atoms with Crippen LogP contribution in [0.3, 0.4) is 0 Å². The van der Waals surface area contributed by atoms with Crippen molar-refractivity contribution in [1.29, 1.82) is 0 Å². The summed E-state index contributed by atoms with van der Waals surface area (Å²) in [6.45, 7) is 10.3. The van der Waals surface area contributed by atoms with Crippen LogP contribution in [-0.2, 0) is 0 Å². The zero-order valence-corrected chi connectivity index (χ0v) is 14.8. The Balaban J connectivity index is 2.08. The number of anilines is 3. The van der Waals surface area contributed by atoms with Gasteiger partial charge in [0, 0.05) is 24.2 Å². The van der Waals surface area contributed by atoms with Crippen LogP contribution in [0, 0.1) is 13.8 Å². The van der Waals surface area contributed by atoms with Gasteiger partial charge in [0.25, 0.3) is 0 Å². The lowest BCUT2D eigenvalue weighted by Gasteiger charge is -2.22. The third kappa shape index (κ3) is 3.32. The van der Waals surface area contributed by atoms with Gasteiger partial charge in [-0.25, -0.2) is 4.98 Å². The Labute approximate surface area is 143 Å². The lowest BCUT2D eigenvalue weighted by atomic mass is 10.1. The molecule has 4 nitrogen and oxygen atoms in total. The average molecular weight is 320 g/mol. The van der Waals surface area contributed by atoms with Crippen molar-refractivity contribution in [1.82, 2.24) is 9.97 Å². The number of fused-ring (bicyclic) bond motifs is 1. The zero-order valence-electron chi connectivity index (χ0n) is 14.8. The third-order valence-electron chi connectivity index (χ3n) is 4.12. The Hall–Kier alpha value is -2.62. The fraction of sp³-hybridized carbons (Fsp3) is 0.300. The van der Waals surface area contributed by atoms with Crippen molar-refractivity contribution in [2.45, 2.75) is 27.7 Å². The van der Waals surface area contributed by atoms with Crippen molar-refractivity contribution < 1.29 is 0 Å².